The third-order valence-corrected chi connectivity index (χ3v) is 7.79. The van der Waals surface area contributed by atoms with Crippen LogP contribution in [0.4, 0.5) is 0 Å². The molecule has 0 aliphatic carbocycles. The predicted octanol–water partition coefficient (Wildman–Crippen LogP) is 5.55. The Kier molecular flexibility index (Phi) is 6.26. The van der Waals surface area contributed by atoms with Crippen LogP contribution in [0.2, 0.25) is 0 Å². The van der Waals surface area contributed by atoms with Crippen molar-refractivity contribution in [3.8, 4) is 11.3 Å². The van der Waals surface area contributed by atoms with Gasteiger partial charge in [0.05, 0.1) is 35.3 Å². The Morgan fingerprint density at radius 1 is 1.11 bits per heavy atom. The zero-order valence-electron chi connectivity index (χ0n) is 20.6. The van der Waals surface area contributed by atoms with Crippen molar-refractivity contribution in [3.63, 3.8) is 0 Å². The normalized spacial score (nSPS) is 15.3. The number of rotatable bonds is 5. The predicted molar refractivity (Wildman–Crippen MR) is 144 cm³/mol. The van der Waals surface area contributed by atoms with Gasteiger partial charge in [-0.2, -0.15) is 0 Å². The van der Waals surface area contributed by atoms with Crippen LogP contribution in [0.15, 0.2) is 65.4 Å². The molecule has 3 aromatic heterocycles. The lowest BCUT2D eigenvalue weighted by Crippen LogP contribution is -2.27. The number of aryl methyl sites for hydroxylation is 1. The molecule has 8 nitrogen and oxygen atoms in total. The zero-order chi connectivity index (χ0) is 25.5. The van der Waals surface area contributed by atoms with Gasteiger partial charge < -0.3 is 14.0 Å². The summed E-state index contributed by atoms with van der Waals surface area (Å²) in [6, 6.07) is 18.5. The molecular weight excluding hydrogens is 534 g/mol. The molecule has 0 bridgehead atoms. The first kappa shape index (κ1) is 23.8. The van der Waals surface area contributed by atoms with E-state index in [4.69, 9.17) is 14.5 Å². The Morgan fingerprint density at radius 3 is 2.59 bits per heavy atom. The number of ether oxygens (including phenoxy) is 2. The lowest BCUT2D eigenvalue weighted by Gasteiger charge is -2.33. The first-order valence-electron chi connectivity index (χ1n) is 12.3. The molecule has 0 spiro atoms. The van der Waals surface area contributed by atoms with Crippen molar-refractivity contribution in [2.45, 2.75) is 18.9 Å². The number of methoxy groups -OCH3 is 1. The van der Waals surface area contributed by atoms with Gasteiger partial charge in [0.25, 0.3) is 0 Å². The molecule has 1 aliphatic rings. The van der Waals surface area contributed by atoms with Gasteiger partial charge in [0.1, 0.15) is 5.69 Å². The molecule has 0 radical (unpaired) electrons. The number of fused-ring (bicyclic) bond motifs is 3. The van der Waals surface area contributed by atoms with E-state index in [1.165, 1.54) is 12.7 Å². The summed E-state index contributed by atoms with van der Waals surface area (Å²) in [6.07, 6.45) is 3.75. The van der Waals surface area contributed by atoms with Crippen molar-refractivity contribution in [1.29, 1.82) is 0 Å². The fourth-order valence-electron chi connectivity index (χ4n) is 5.53. The number of hydrogen-bond acceptors (Lipinski definition) is 6. The summed E-state index contributed by atoms with van der Waals surface area (Å²) >= 11 is 3.54. The minimum Gasteiger partial charge on any atom is -0.465 e. The molecular formula is C28H26BrN5O3. The maximum Gasteiger partial charge on any atom is 0.337 e. The summed E-state index contributed by atoms with van der Waals surface area (Å²) in [5.74, 6) is -0.00920. The van der Waals surface area contributed by atoms with Crippen molar-refractivity contribution in [3.05, 3.63) is 76.5 Å². The first-order chi connectivity index (χ1) is 18.1. The Morgan fingerprint density at radius 2 is 1.89 bits per heavy atom. The maximum absolute atomic E-state index is 12.5. The van der Waals surface area contributed by atoms with Crippen LogP contribution >= 0.6 is 15.9 Å². The topological polar surface area (TPSA) is 84.1 Å². The Bertz CT molecular complexity index is 1590. The van der Waals surface area contributed by atoms with Gasteiger partial charge in [0.2, 0.25) is 0 Å². The average molecular weight is 560 g/mol. The molecule has 5 aromatic rings. The van der Waals surface area contributed by atoms with E-state index in [1.54, 1.807) is 10.7 Å². The smallest absolute Gasteiger partial charge is 0.337 e. The zero-order valence-corrected chi connectivity index (χ0v) is 22.2. The van der Waals surface area contributed by atoms with E-state index in [0.717, 1.165) is 59.2 Å². The van der Waals surface area contributed by atoms with Gasteiger partial charge in [0, 0.05) is 37.4 Å². The second kappa shape index (κ2) is 9.72. The van der Waals surface area contributed by atoms with E-state index in [-0.39, 0.29) is 12.0 Å². The quantitative estimate of drug-likeness (QED) is 0.262. The number of hydrogen-bond donors (Lipinski definition) is 0. The van der Waals surface area contributed by atoms with Gasteiger partial charge >= 0.3 is 5.97 Å². The third kappa shape index (κ3) is 4.12. The van der Waals surface area contributed by atoms with Crippen molar-refractivity contribution < 1.29 is 14.3 Å². The van der Waals surface area contributed by atoms with E-state index in [0.29, 0.717) is 16.1 Å². The molecule has 2 aromatic carbocycles. The first-order valence-corrected chi connectivity index (χ1v) is 13.1. The molecule has 0 amide bonds. The number of esters is 1. The second-order valence-electron chi connectivity index (χ2n) is 9.34. The summed E-state index contributed by atoms with van der Waals surface area (Å²) < 4.78 is 15.5. The Hall–Kier alpha value is -3.56. The molecule has 4 heterocycles. The fraction of sp³-hybridized carbons (Fsp3) is 0.286. The van der Waals surface area contributed by atoms with Gasteiger partial charge in [-0.05, 0) is 64.5 Å². The molecule has 1 saturated heterocycles. The highest BCUT2D eigenvalue weighted by Crippen LogP contribution is 2.41. The molecule has 1 aliphatic heterocycles. The van der Waals surface area contributed by atoms with E-state index in [1.807, 2.05) is 31.4 Å². The highest BCUT2D eigenvalue weighted by molar-refractivity contribution is 9.10. The van der Waals surface area contributed by atoms with Gasteiger partial charge in [-0.3, -0.25) is 4.98 Å². The van der Waals surface area contributed by atoms with Crippen molar-refractivity contribution in [1.82, 2.24) is 24.5 Å². The maximum atomic E-state index is 12.5. The number of nitrogens with zero attached hydrogens (tertiary/aromatic N) is 5. The number of carbonyl (C=O) groups excluding carboxylic acids is 1. The Balaban J connectivity index is 1.68. The number of benzene rings is 2. The van der Waals surface area contributed by atoms with Crippen molar-refractivity contribution in [2.75, 3.05) is 20.3 Å². The summed E-state index contributed by atoms with van der Waals surface area (Å²) in [5.41, 5.74) is 6.30. The summed E-state index contributed by atoms with van der Waals surface area (Å²) in [6.45, 7) is 1.46. The molecule has 37 heavy (non-hydrogen) atoms. The summed E-state index contributed by atoms with van der Waals surface area (Å²) in [4.78, 5) is 17.5. The molecule has 6 rings (SSSR count). The number of halogens is 1. The van der Waals surface area contributed by atoms with Crippen molar-refractivity contribution in [2.24, 2.45) is 13.0 Å². The molecule has 1 fully saturated rings. The van der Waals surface area contributed by atoms with E-state index in [2.05, 4.69) is 61.1 Å². The van der Waals surface area contributed by atoms with Crippen LogP contribution < -0.4 is 0 Å². The fourth-order valence-corrected chi connectivity index (χ4v) is 6.09. The SMILES string of the molecule is COC(=O)c1ccc2c3ncc(-c4c(Br)nnn4C)cc3n([C@H](c3ccccc3)C3CCOCC3)c2c1. The molecule has 0 unspecified atom stereocenters. The standard InChI is InChI=1S/C28H26BrN5O3/c1-33-26(27(29)31-32-33)20-15-23-24(30-16-20)21-9-8-19(28(35)36-2)14-22(21)34(23)25(17-6-4-3-5-7-17)18-10-12-37-13-11-18/h3-9,14-16,18,25H,10-13H2,1-2H3/t25-/m1/s1. The van der Waals surface area contributed by atoms with E-state index >= 15 is 0 Å². The monoisotopic (exact) mass is 559 g/mol. The number of carbonyl (C=O) groups is 1. The van der Waals surface area contributed by atoms with Crippen LogP contribution in [0.1, 0.15) is 34.8 Å². The highest BCUT2D eigenvalue weighted by Gasteiger charge is 2.30. The molecule has 9 heteroatoms. The van der Waals surface area contributed by atoms with Crippen molar-refractivity contribution >= 4 is 43.8 Å². The average Bonchev–Trinajstić information content (AvgIpc) is 3.45. The molecule has 0 saturated carbocycles. The molecule has 188 valence electrons. The van der Waals surface area contributed by atoms with Crippen LogP contribution in [0.25, 0.3) is 33.2 Å². The van der Waals surface area contributed by atoms with Crippen LogP contribution in [-0.2, 0) is 16.5 Å². The van der Waals surface area contributed by atoms with Gasteiger partial charge in [0.15, 0.2) is 4.60 Å². The van der Waals surface area contributed by atoms with E-state index < -0.39 is 0 Å². The van der Waals surface area contributed by atoms with Gasteiger partial charge in [-0.1, -0.05) is 35.5 Å². The van der Waals surface area contributed by atoms with Crippen LogP contribution in [0.5, 0.6) is 0 Å². The van der Waals surface area contributed by atoms with Crippen LogP contribution in [0, 0.1) is 5.92 Å². The molecule has 1 atom stereocenters. The second-order valence-corrected chi connectivity index (χ2v) is 10.1. The third-order valence-electron chi connectivity index (χ3n) is 7.25. The minimum absolute atomic E-state index is 0.0307. The Labute approximate surface area is 222 Å². The minimum atomic E-state index is -0.362. The number of pyridine rings is 1. The molecule has 0 N–H and O–H groups in total. The largest absolute Gasteiger partial charge is 0.465 e. The summed E-state index contributed by atoms with van der Waals surface area (Å²) in [7, 11) is 3.27. The van der Waals surface area contributed by atoms with Gasteiger partial charge in [-0.25, -0.2) is 9.48 Å². The van der Waals surface area contributed by atoms with Gasteiger partial charge in [-0.15, -0.1) is 5.10 Å². The lowest BCUT2D eigenvalue weighted by atomic mass is 9.86. The van der Waals surface area contributed by atoms with Crippen LogP contribution in [0.3, 0.4) is 0 Å². The lowest BCUT2D eigenvalue weighted by molar-refractivity contribution is 0.0553. The van der Waals surface area contributed by atoms with E-state index in [9.17, 15) is 4.79 Å². The number of aromatic nitrogens is 5. The summed E-state index contributed by atoms with van der Waals surface area (Å²) in [5, 5.41) is 9.31. The van der Waals surface area contributed by atoms with Crippen LogP contribution in [-0.4, -0.2) is 50.8 Å². The highest BCUT2D eigenvalue weighted by atomic mass is 79.9.